The molecule has 82 valence electrons. The number of nitrogens with zero attached hydrogens (tertiary/aromatic N) is 2. The number of H-pyrrole nitrogens is 1. The van der Waals surface area contributed by atoms with Crippen LogP contribution in [0.15, 0.2) is 16.5 Å². The van der Waals surface area contributed by atoms with Gasteiger partial charge in [-0.15, -0.1) is 0 Å². The summed E-state index contributed by atoms with van der Waals surface area (Å²) in [5.74, 6) is 1.86. The first kappa shape index (κ1) is 9.59. The molecule has 0 aromatic carbocycles. The summed E-state index contributed by atoms with van der Waals surface area (Å²) in [5, 5.41) is 6.98. The molecule has 0 atom stereocenters. The fraction of sp³-hybridized carbons (Fsp3) is 0.273. The molecule has 0 aliphatic carbocycles. The molecule has 4 nitrogen and oxygen atoms in total. The summed E-state index contributed by atoms with van der Waals surface area (Å²) in [6.45, 7) is 4.01. The van der Waals surface area contributed by atoms with E-state index in [9.17, 15) is 0 Å². The van der Waals surface area contributed by atoms with E-state index in [-0.39, 0.29) is 0 Å². The number of aromatic nitrogens is 3. The van der Waals surface area contributed by atoms with Crippen molar-refractivity contribution in [3.05, 3.63) is 28.4 Å². The van der Waals surface area contributed by atoms with Crippen LogP contribution in [0.25, 0.3) is 16.6 Å². The van der Waals surface area contributed by atoms with E-state index < -0.39 is 0 Å². The summed E-state index contributed by atoms with van der Waals surface area (Å²) in [7, 11) is 0. The Morgan fingerprint density at radius 2 is 2.25 bits per heavy atom. The number of aryl methyl sites for hydroxylation is 2. The van der Waals surface area contributed by atoms with Gasteiger partial charge in [-0.3, -0.25) is 9.50 Å². The van der Waals surface area contributed by atoms with Gasteiger partial charge in [0.2, 0.25) is 0 Å². The maximum Gasteiger partial charge on any atom is 0.153 e. The molecule has 16 heavy (non-hydrogen) atoms. The molecule has 1 N–H and O–H groups in total. The Balaban J connectivity index is 2.55. The third-order valence-corrected chi connectivity index (χ3v) is 3.07. The lowest BCUT2D eigenvalue weighted by atomic mass is 10.3. The second-order valence-corrected chi connectivity index (χ2v) is 4.19. The third-order valence-electron chi connectivity index (χ3n) is 2.76. The third kappa shape index (κ3) is 1.15. The SMILES string of the molecule is CCc1cc2c(cc3c(=S)[nH]nc(C)n32)o1. The molecule has 3 aromatic rings. The number of rotatable bonds is 1. The molecule has 3 aromatic heterocycles. The Hall–Kier alpha value is -1.62. The van der Waals surface area contributed by atoms with E-state index in [2.05, 4.69) is 17.1 Å². The Bertz CT molecular complexity index is 735. The zero-order chi connectivity index (χ0) is 11.3. The maximum absolute atomic E-state index is 5.70. The Morgan fingerprint density at radius 1 is 1.44 bits per heavy atom. The molecule has 0 radical (unpaired) electrons. The molecule has 5 heteroatoms. The van der Waals surface area contributed by atoms with Crippen molar-refractivity contribution < 1.29 is 4.42 Å². The summed E-state index contributed by atoms with van der Waals surface area (Å²) in [6, 6.07) is 4.01. The van der Waals surface area contributed by atoms with Crippen molar-refractivity contribution >= 4 is 28.8 Å². The molecular weight excluding hydrogens is 222 g/mol. The standard InChI is InChI=1S/C11H11N3OS/c1-3-7-4-8-10(15-7)5-9-11(16)13-12-6(2)14(8)9/h4-5H,3H2,1-2H3,(H,13,16). The quantitative estimate of drug-likeness (QED) is 0.657. The fourth-order valence-corrected chi connectivity index (χ4v) is 2.17. The highest BCUT2D eigenvalue weighted by molar-refractivity contribution is 7.71. The number of hydrogen-bond acceptors (Lipinski definition) is 3. The van der Waals surface area contributed by atoms with Gasteiger partial charge in [-0.1, -0.05) is 19.1 Å². The smallest absolute Gasteiger partial charge is 0.153 e. The van der Waals surface area contributed by atoms with Crippen LogP contribution in [0.4, 0.5) is 0 Å². The summed E-state index contributed by atoms with van der Waals surface area (Å²) >= 11 is 5.20. The molecule has 0 aliphatic heterocycles. The van der Waals surface area contributed by atoms with E-state index in [0.717, 1.165) is 34.6 Å². The predicted octanol–water partition coefficient (Wildman–Crippen LogP) is 3.01. The minimum absolute atomic E-state index is 0.634. The van der Waals surface area contributed by atoms with E-state index in [0.29, 0.717) is 4.64 Å². The van der Waals surface area contributed by atoms with Crippen molar-refractivity contribution in [2.75, 3.05) is 0 Å². The number of fused-ring (bicyclic) bond motifs is 3. The normalized spacial score (nSPS) is 11.6. The van der Waals surface area contributed by atoms with Crippen LogP contribution in [-0.2, 0) is 6.42 Å². The van der Waals surface area contributed by atoms with Crippen LogP contribution in [0.5, 0.6) is 0 Å². The van der Waals surface area contributed by atoms with Gasteiger partial charge in [-0.2, -0.15) is 5.10 Å². The molecule has 0 saturated carbocycles. The Morgan fingerprint density at radius 3 is 3.00 bits per heavy atom. The molecule has 0 bridgehead atoms. The van der Waals surface area contributed by atoms with E-state index in [4.69, 9.17) is 16.6 Å². The molecular formula is C11H11N3OS. The van der Waals surface area contributed by atoms with Crippen molar-refractivity contribution in [1.82, 2.24) is 14.6 Å². The highest BCUT2D eigenvalue weighted by Crippen LogP contribution is 2.25. The molecule has 0 spiro atoms. The minimum atomic E-state index is 0.634. The Kier molecular flexibility index (Phi) is 1.91. The molecule has 0 aliphatic rings. The van der Waals surface area contributed by atoms with Crippen LogP contribution in [0.2, 0.25) is 0 Å². The average Bonchev–Trinajstić information content (AvgIpc) is 2.80. The van der Waals surface area contributed by atoms with Crippen LogP contribution in [0.1, 0.15) is 18.5 Å². The van der Waals surface area contributed by atoms with E-state index in [1.54, 1.807) is 0 Å². The largest absolute Gasteiger partial charge is 0.459 e. The highest BCUT2D eigenvalue weighted by atomic mass is 32.1. The summed E-state index contributed by atoms with van der Waals surface area (Å²) in [4.78, 5) is 0. The van der Waals surface area contributed by atoms with Crippen LogP contribution in [-0.4, -0.2) is 14.6 Å². The van der Waals surface area contributed by atoms with Crippen molar-refractivity contribution in [3.8, 4) is 0 Å². The monoisotopic (exact) mass is 233 g/mol. The molecule has 3 heterocycles. The molecule has 0 unspecified atom stereocenters. The van der Waals surface area contributed by atoms with Crippen LogP contribution in [0.3, 0.4) is 0 Å². The van der Waals surface area contributed by atoms with E-state index >= 15 is 0 Å². The van der Waals surface area contributed by atoms with Crippen molar-refractivity contribution in [3.63, 3.8) is 0 Å². The van der Waals surface area contributed by atoms with Gasteiger partial charge in [0.15, 0.2) is 5.58 Å². The lowest BCUT2D eigenvalue weighted by molar-refractivity contribution is 0.557. The average molecular weight is 233 g/mol. The van der Waals surface area contributed by atoms with Gasteiger partial charge < -0.3 is 4.42 Å². The van der Waals surface area contributed by atoms with E-state index in [1.165, 1.54) is 0 Å². The van der Waals surface area contributed by atoms with Gasteiger partial charge >= 0.3 is 0 Å². The van der Waals surface area contributed by atoms with Gasteiger partial charge in [0, 0.05) is 18.6 Å². The number of hydrogen-bond donors (Lipinski definition) is 1. The van der Waals surface area contributed by atoms with Crippen LogP contribution >= 0.6 is 12.2 Å². The maximum atomic E-state index is 5.70. The first-order valence-corrected chi connectivity index (χ1v) is 5.60. The van der Waals surface area contributed by atoms with Crippen molar-refractivity contribution in [2.45, 2.75) is 20.3 Å². The van der Waals surface area contributed by atoms with Gasteiger partial charge in [-0.25, -0.2) is 0 Å². The van der Waals surface area contributed by atoms with Crippen LogP contribution in [0, 0.1) is 11.6 Å². The lowest BCUT2D eigenvalue weighted by Gasteiger charge is -1.99. The number of furan rings is 1. The summed E-state index contributed by atoms with van der Waals surface area (Å²) in [5.41, 5.74) is 2.85. The first-order chi connectivity index (χ1) is 7.70. The van der Waals surface area contributed by atoms with Gasteiger partial charge in [0.05, 0.1) is 11.0 Å². The Labute approximate surface area is 96.9 Å². The highest BCUT2D eigenvalue weighted by Gasteiger charge is 2.11. The van der Waals surface area contributed by atoms with Gasteiger partial charge in [0.25, 0.3) is 0 Å². The lowest BCUT2D eigenvalue weighted by Crippen LogP contribution is -1.97. The van der Waals surface area contributed by atoms with Gasteiger partial charge in [0.1, 0.15) is 16.2 Å². The second kappa shape index (κ2) is 3.18. The fourth-order valence-electron chi connectivity index (χ4n) is 1.97. The number of aromatic amines is 1. The first-order valence-electron chi connectivity index (χ1n) is 5.20. The van der Waals surface area contributed by atoms with E-state index in [1.807, 2.05) is 23.5 Å². The topological polar surface area (TPSA) is 46.2 Å². The second-order valence-electron chi connectivity index (χ2n) is 3.78. The van der Waals surface area contributed by atoms with Crippen LogP contribution < -0.4 is 0 Å². The molecule has 0 saturated heterocycles. The van der Waals surface area contributed by atoms with Gasteiger partial charge in [-0.05, 0) is 6.92 Å². The van der Waals surface area contributed by atoms with Crippen molar-refractivity contribution in [2.24, 2.45) is 0 Å². The molecule has 0 amide bonds. The summed E-state index contributed by atoms with van der Waals surface area (Å²) < 4.78 is 8.36. The molecule has 3 rings (SSSR count). The zero-order valence-electron chi connectivity index (χ0n) is 9.07. The zero-order valence-corrected chi connectivity index (χ0v) is 9.89. The minimum Gasteiger partial charge on any atom is -0.459 e. The predicted molar refractivity (Wildman–Crippen MR) is 64.3 cm³/mol. The summed E-state index contributed by atoms with van der Waals surface area (Å²) in [6.07, 6.45) is 0.892. The molecule has 0 fully saturated rings. The number of nitrogens with one attached hydrogen (secondary N) is 1. The van der Waals surface area contributed by atoms with Crippen molar-refractivity contribution in [1.29, 1.82) is 0 Å².